The molecule has 4 bridgehead atoms. The minimum Gasteiger partial charge on any atom is -0.493 e. The van der Waals surface area contributed by atoms with Crippen LogP contribution in [0.25, 0.3) is 0 Å². The monoisotopic (exact) mass is 501 g/mol. The summed E-state index contributed by atoms with van der Waals surface area (Å²) in [4.78, 5) is 35.9. The Labute approximate surface area is 208 Å². The quantitative estimate of drug-likeness (QED) is 0.450. The minimum atomic E-state index is -1.23. The van der Waals surface area contributed by atoms with Gasteiger partial charge in [-0.15, -0.1) is 0 Å². The molecule has 1 heterocycles. The first-order valence-corrected chi connectivity index (χ1v) is 12.3. The zero-order chi connectivity index (χ0) is 25.8. The summed E-state index contributed by atoms with van der Waals surface area (Å²) < 4.78 is 23.1. The highest BCUT2D eigenvalue weighted by molar-refractivity contribution is 5.80. The van der Waals surface area contributed by atoms with Crippen molar-refractivity contribution in [1.29, 1.82) is 0 Å². The Hall–Kier alpha value is -3.11. The molecule has 2 unspecified atom stereocenters. The number of methoxy groups -OCH3 is 1. The zero-order valence-corrected chi connectivity index (χ0v) is 20.3. The molecule has 0 radical (unpaired) electrons. The van der Waals surface area contributed by atoms with Crippen molar-refractivity contribution in [3.8, 4) is 11.5 Å². The SMILES string of the molecule is COc1ccc2c3c1OC14CCC[C@H](C2)[C@](O)(CC=C1OC(=O)[C@H](C)OC(=O)CC[C@H](N)C(=O)O)C34. The van der Waals surface area contributed by atoms with E-state index in [0.29, 0.717) is 30.1 Å². The molecule has 0 spiro atoms. The number of carboxylic acids is 1. The highest BCUT2D eigenvalue weighted by atomic mass is 16.6. The van der Waals surface area contributed by atoms with Gasteiger partial charge in [-0.2, -0.15) is 0 Å². The number of hydrogen-bond acceptors (Lipinski definition) is 9. The fourth-order valence-corrected chi connectivity index (χ4v) is 6.39. The first-order chi connectivity index (χ1) is 17.1. The molecule has 0 amide bonds. The molecular formula is C26H31NO9. The van der Waals surface area contributed by atoms with Crippen LogP contribution in [-0.2, 0) is 30.3 Å². The second kappa shape index (κ2) is 8.77. The van der Waals surface area contributed by atoms with E-state index in [1.54, 1.807) is 13.2 Å². The molecule has 36 heavy (non-hydrogen) atoms. The van der Waals surface area contributed by atoms with Gasteiger partial charge < -0.3 is 34.9 Å². The Morgan fingerprint density at radius 2 is 2.08 bits per heavy atom. The predicted octanol–water partition coefficient (Wildman–Crippen LogP) is 1.95. The van der Waals surface area contributed by atoms with Crippen molar-refractivity contribution in [2.24, 2.45) is 11.7 Å². The number of benzene rings is 1. The van der Waals surface area contributed by atoms with Crippen molar-refractivity contribution in [1.82, 2.24) is 0 Å². The fourth-order valence-electron chi connectivity index (χ4n) is 6.39. The summed E-state index contributed by atoms with van der Waals surface area (Å²) >= 11 is 0. The summed E-state index contributed by atoms with van der Waals surface area (Å²) in [5.74, 6) is -1.63. The third-order valence-electron chi connectivity index (χ3n) is 8.14. The zero-order valence-electron chi connectivity index (χ0n) is 20.3. The molecule has 1 aliphatic heterocycles. The molecule has 1 fully saturated rings. The Bertz CT molecular complexity index is 1150. The van der Waals surface area contributed by atoms with Crippen LogP contribution in [0, 0.1) is 5.92 Å². The van der Waals surface area contributed by atoms with E-state index in [0.717, 1.165) is 30.4 Å². The minimum absolute atomic E-state index is 0.0605. The molecule has 10 nitrogen and oxygen atoms in total. The van der Waals surface area contributed by atoms with E-state index in [4.69, 9.17) is 29.8 Å². The van der Waals surface area contributed by atoms with Crippen molar-refractivity contribution in [3.05, 3.63) is 35.1 Å². The summed E-state index contributed by atoms with van der Waals surface area (Å²) in [5.41, 5.74) is 5.36. The van der Waals surface area contributed by atoms with Crippen molar-refractivity contribution in [2.75, 3.05) is 7.11 Å². The van der Waals surface area contributed by atoms with Crippen LogP contribution in [0.4, 0.5) is 0 Å². The highest BCUT2D eigenvalue weighted by Crippen LogP contribution is 2.67. The lowest BCUT2D eigenvalue weighted by atomic mass is 9.58. The Morgan fingerprint density at radius 1 is 1.31 bits per heavy atom. The summed E-state index contributed by atoms with van der Waals surface area (Å²) in [6, 6.07) is 2.70. The molecule has 0 aromatic heterocycles. The fraction of sp³-hybridized carbons (Fsp3) is 0.577. The molecular weight excluding hydrogens is 470 g/mol. The van der Waals surface area contributed by atoms with Crippen LogP contribution in [0.5, 0.6) is 11.5 Å². The second-order valence-corrected chi connectivity index (χ2v) is 10.2. The lowest BCUT2D eigenvalue weighted by Crippen LogP contribution is -2.58. The van der Waals surface area contributed by atoms with Gasteiger partial charge in [0.1, 0.15) is 11.8 Å². The molecule has 1 saturated carbocycles. The van der Waals surface area contributed by atoms with Crippen molar-refractivity contribution in [3.63, 3.8) is 0 Å². The summed E-state index contributed by atoms with van der Waals surface area (Å²) in [6.07, 6.45) is 3.39. The van der Waals surface area contributed by atoms with Crippen LogP contribution in [0.3, 0.4) is 0 Å². The smallest absolute Gasteiger partial charge is 0.352 e. The molecule has 6 atom stereocenters. The Morgan fingerprint density at radius 3 is 2.81 bits per heavy atom. The van der Waals surface area contributed by atoms with Crippen LogP contribution < -0.4 is 15.2 Å². The summed E-state index contributed by atoms with van der Waals surface area (Å²) in [5, 5.41) is 20.8. The molecule has 1 aromatic carbocycles. The average molecular weight is 502 g/mol. The average Bonchev–Trinajstić information content (AvgIpc) is 3.20. The van der Waals surface area contributed by atoms with E-state index in [1.807, 2.05) is 12.1 Å². The van der Waals surface area contributed by atoms with Gasteiger partial charge in [0.2, 0.25) is 0 Å². The topological polar surface area (TPSA) is 155 Å². The van der Waals surface area contributed by atoms with Crippen LogP contribution in [0.1, 0.15) is 62.5 Å². The van der Waals surface area contributed by atoms with E-state index in [1.165, 1.54) is 6.92 Å². The van der Waals surface area contributed by atoms with E-state index < -0.39 is 47.2 Å². The number of aliphatic carboxylic acids is 1. The van der Waals surface area contributed by atoms with Gasteiger partial charge in [0.15, 0.2) is 23.2 Å². The molecule has 4 N–H and O–H groups in total. The number of ether oxygens (including phenoxy) is 4. The predicted molar refractivity (Wildman–Crippen MR) is 124 cm³/mol. The van der Waals surface area contributed by atoms with Gasteiger partial charge in [-0.05, 0) is 69.1 Å². The highest BCUT2D eigenvalue weighted by Gasteiger charge is 2.68. The molecule has 0 saturated heterocycles. The van der Waals surface area contributed by atoms with Gasteiger partial charge in [0.25, 0.3) is 0 Å². The lowest BCUT2D eigenvalue weighted by Gasteiger charge is -2.50. The maximum atomic E-state index is 13.0. The lowest BCUT2D eigenvalue weighted by molar-refractivity contribution is -0.168. The largest absolute Gasteiger partial charge is 0.493 e. The van der Waals surface area contributed by atoms with E-state index >= 15 is 0 Å². The number of carboxylic acid groups (broad SMARTS) is 1. The van der Waals surface area contributed by atoms with Gasteiger partial charge in [-0.1, -0.05) is 6.07 Å². The second-order valence-electron chi connectivity index (χ2n) is 10.2. The van der Waals surface area contributed by atoms with E-state index in [-0.39, 0.29) is 18.8 Å². The van der Waals surface area contributed by atoms with Crippen LogP contribution in [0.15, 0.2) is 24.0 Å². The number of carbonyl (C=O) groups is 3. The van der Waals surface area contributed by atoms with Gasteiger partial charge >= 0.3 is 17.9 Å². The molecule has 3 aliphatic carbocycles. The Kier molecular flexibility index (Phi) is 5.99. The van der Waals surface area contributed by atoms with Crippen LogP contribution in [-0.4, -0.2) is 58.6 Å². The van der Waals surface area contributed by atoms with Crippen molar-refractivity contribution in [2.45, 2.75) is 81.1 Å². The first kappa shape index (κ1) is 24.6. The number of esters is 2. The molecule has 1 aromatic rings. The maximum Gasteiger partial charge on any atom is 0.352 e. The number of nitrogens with two attached hydrogens (primary N) is 1. The summed E-state index contributed by atoms with van der Waals surface area (Å²) in [6.45, 7) is 1.39. The third-order valence-corrected chi connectivity index (χ3v) is 8.14. The van der Waals surface area contributed by atoms with Gasteiger partial charge in [0, 0.05) is 12.0 Å². The summed E-state index contributed by atoms with van der Waals surface area (Å²) in [7, 11) is 1.57. The van der Waals surface area contributed by atoms with E-state index in [2.05, 4.69) is 0 Å². The first-order valence-electron chi connectivity index (χ1n) is 12.3. The van der Waals surface area contributed by atoms with Crippen LogP contribution in [0.2, 0.25) is 0 Å². The standard InChI is InChI=1S/C26H31NO9/c1-13(34-19(28)8-6-16(27)23(29)30)24(31)35-18-9-11-25(32)15-4-3-10-26(18)22(25)20-14(12-15)5-7-17(33-2)21(20)36-26/h5,7,9,13,15-16,22,32H,3-4,6,8,10-12,27H2,1-2H3,(H,29,30)/t13-,15+,16-,22?,25+,26?/m0/s1. The molecule has 5 rings (SSSR count). The number of hydrogen-bond donors (Lipinski definition) is 3. The van der Waals surface area contributed by atoms with Gasteiger partial charge in [-0.3, -0.25) is 9.59 Å². The van der Waals surface area contributed by atoms with Crippen molar-refractivity contribution < 1.29 is 43.5 Å². The molecule has 194 valence electrons. The van der Waals surface area contributed by atoms with Crippen molar-refractivity contribution >= 4 is 17.9 Å². The maximum absolute atomic E-state index is 13.0. The number of aliphatic hydroxyl groups is 1. The number of carbonyl (C=O) groups excluding carboxylic acids is 2. The number of rotatable bonds is 8. The van der Waals surface area contributed by atoms with E-state index in [9.17, 15) is 19.5 Å². The van der Waals surface area contributed by atoms with Gasteiger partial charge in [-0.25, -0.2) is 4.79 Å². The Balaban J connectivity index is 1.39. The van der Waals surface area contributed by atoms with Gasteiger partial charge in [0.05, 0.1) is 18.6 Å². The molecule has 4 aliphatic rings. The third kappa shape index (κ3) is 3.66. The normalized spacial score (nSPS) is 30.7. The van der Waals surface area contributed by atoms with Crippen LogP contribution >= 0.6 is 0 Å². The molecule has 10 heteroatoms.